The van der Waals surface area contributed by atoms with Crippen LogP contribution in [0.1, 0.15) is 63.8 Å². The molecule has 1 amide bonds. The van der Waals surface area contributed by atoms with Gasteiger partial charge in [-0.3, -0.25) is 9.52 Å². The third-order valence-electron chi connectivity index (χ3n) is 9.65. The topological polar surface area (TPSA) is 87.3 Å². The number of hydrogen-bond donors (Lipinski definition) is 3. The predicted octanol–water partition coefficient (Wildman–Crippen LogP) is 7.65. The Morgan fingerprint density at radius 2 is 1.55 bits per heavy atom. The number of carbonyl (C=O) groups excluding carboxylic acids is 1. The number of hydrogen-bond acceptors (Lipinski definition) is 4. The van der Waals surface area contributed by atoms with Gasteiger partial charge in [-0.05, 0) is 121 Å². The molecule has 4 aromatic carbocycles. The standard InChI is InChI=1S/C35H35N3O3S/c1-21-7-6-8-22(2)33(21)38-42(40,41)28-16-14-27(15-17-28)36-35(39)26-13-18-30-29(20-26)31-24-11-12-25(19-24)32(31)34(37-30)23-9-4-3-5-10-23/h3-10,13-18,20,24-25,31-32,34,37-38H,11-12,19H2,1-2H3,(H,36,39)/t24-,25-,31-,32-,34-/m0/s1. The fourth-order valence-corrected chi connectivity index (χ4v) is 8.91. The molecule has 0 aromatic heterocycles. The van der Waals surface area contributed by atoms with E-state index in [4.69, 9.17) is 0 Å². The SMILES string of the molecule is Cc1cccc(C)c1NS(=O)(=O)c1ccc(NC(=O)c2ccc3c(c2)[C@@H]2[C@H]4CC[C@@H](C4)[C@@H]2[C@H](c2ccccc2)N3)cc1. The number of para-hydroxylation sites is 1. The number of anilines is 3. The molecule has 3 N–H and O–H groups in total. The van der Waals surface area contributed by atoms with E-state index in [1.807, 2.05) is 38.1 Å². The van der Waals surface area contributed by atoms with E-state index in [2.05, 4.69) is 57.8 Å². The van der Waals surface area contributed by atoms with Crippen LogP contribution in [0.2, 0.25) is 0 Å². The van der Waals surface area contributed by atoms with Crippen molar-refractivity contribution in [3.8, 4) is 0 Å². The smallest absolute Gasteiger partial charge is 0.261 e. The first kappa shape index (κ1) is 26.8. The Hall–Kier alpha value is -4.10. The molecule has 0 radical (unpaired) electrons. The van der Waals surface area contributed by atoms with E-state index in [0.29, 0.717) is 40.6 Å². The molecule has 2 bridgehead atoms. The molecule has 2 fully saturated rings. The third kappa shape index (κ3) is 4.66. The van der Waals surface area contributed by atoms with Gasteiger partial charge in [-0.2, -0.15) is 0 Å². The summed E-state index contributed by atoms with van der Waals surface area (Å²) in [5.41, 5.74) is 7.18. The van der Waals surface area contributed by atoms with Gasteiger partial charge < -0.3 is 10.6 Å². The Morgan fingerprint density at radius 1 is 0.833 bits per heavy atom. The van der Waals surface area contributed by atoms with Crippen molar-refractivity contribution in [1.82, 2.24) is 0 Å². The summed E-state index contributed by atoms with van der Waals surface area (Å²) in [4.78, 5) is 13.5. The third-order valence-corrected chi connectivity index (χ3v) is 11.0. The zero-order valence-electron chi connectivity index (χ0n) is 23.8. The molecule has 1 heterocycles. The van der Waals surface area contributed by atoms with E-state index in [1.54, 1.807) is 12.1 Å². The molecule has 5 atom stereocenters. The number of aryl methyl sites for hydroxylation is 2. The van der Waals surface area contributed by atoms with Gasteiger partial charge in [0.2, 0.25) is 0 Å². The lowest BCUT2D eigenvalue weighted by Crippen LogP contribution is -2.35. The summed E-state index contributed by atoms with van der Waals surface area (Å²) in [5, 5.41) is 6.80. The molecule has 7 rings (SSSR count). The van der Waals surface area contributed by atoms with Crippen LogP contribution in [0.15, 0.2) is 95.9 Å². The largest absolute Gasteiger partial charge is 0.378 e. The molecule has 6 nitrogen and oxygen atoms in total. The lowest BCUT2D eigenvalue weighted by Gasteiger charge is -2.43. The molecular formula is C35H35N3O3S. The maximum Gasteiger partial charge on any atom is 0.261 e. The van der Waals surface area contributed by atoms with Crippen LogP contribution in [-0.2, 0) is 10.0 Å². The number of fused-ring (bicyclic) bond motifs is 7. The van der Waals surface area contributed by atoms with Gasteiger partial charge in [0.1, 0.15) is 0 Å². The van der Waals surface area contributed by atoms with Crippen molar-refractivity contribution >= 4 is 33.0 Å². The zero-order chi connectivity index (χ0) is 29.0. The first-order valence-electron chi connectivity index (χ1n) is 14.7. The van der Waals surface area contributed by atoms with Gasteiger partial charge in [-0.15, -0.1) is 0 Å². The quantitative estimate of drug-likeness (QED) is 0.220. The van der Waals surface area contributed by atoms with Crippen molar-refractivity contribution in [3.05, 3.63) is 119 Å². The molecule has 0 unspecified atom stereocenters. The zero-order valence-corrected chi connectivity index (χ0v) is 24.6. The fraction of sp³-hybridized carbons (Fsp3) is 0.286. The highest BCUT2D eigenvalue weighted by molar-refractivity contribution is 7.92. The lowest BCUT2D eigenvalue weighted by molar-refractivity contribution is 0.102. The highest BCUT2D eigenvalue weighted by Gasteiger charge is 2.53. The summed E-state index contributed by atoms with van der Waals surface area (Å²) in [6, 6.07) is 29.0. The minimum atomic E-state index is -3.77. The molecule has 0 saturated heterocycles. The average molecular weight is 578 g/mol. The van der Waals surface area contributed by atoms with Crippen LogP contribution in [0.5, 0.6) is 0 Å². The molecule has 0 spiro atoms. The van der Waals surface area contributed by atoms with Gasteiger partial charge in [-0.1, -0.05) is 48.5 Å². The van der Waals surface area contributed by atoms with Crippen molar-refractivity contribution in [2.45, 2.75) is 50.0 Å². The Kier molecular flexibility index (Phi) is 6.58. The number of nitrogens with one attached hydrogen (secondary N) is 3. The first-order valence-corrected chi connectivity index (χ1v) is 16.2. The van der Waals surface area contributed by atoms with Crippen LogP contribution in [-0.4, -0.2) is 14.3 Å². The number of carbonyl (C=O) groups is 1. The normalized spacial score (nSPS) is 23.9. The van der Waals surface area contributed by atoms with Crippen LogP contribution < -0.4 is 15.4 Å². The van der Waals surface area contributed by atoms with Crippen LogP contribution in [0.3, 0.4) is 0 Å². The van der Waals surface area contributed by atoms with E-state index in [1.165, 1.54) is 42.5 Å². The maximum absolute atomic E-state index is 13.4. The summed E-state index contributed by atoms with van der Waals surface area (Å²) in [5.74, 6) is 2.15. The number of benzene rings is 4. The van der Waals surface area contributed by atoms with Crippen molar-refractivity contribution in [1.29, 1.82) is 0 Å². The van der Waals surface area contributed by atoms with E-state index in [-0.39, 0.29) is 16.8 Å². The Labute approximate surface area is 247 Å². The van der Waals surface area contributed by atoms with Gasteiger partial charge in [0.05, 0.1) is 16.6 Å². The van der Waals surface area contributed by atoms with E-state index < -0.39 is 10.0 Å². The summed E-state index contributed by atoms with van der Waals surface area (Å²) >= 11 is 0. The lowest BCUT2D eigenvalue weighted by atomic mass is 9.68. The second-order valence-corrected chi connectivity index (χ2v) is 13.8. The highest BCUT2D eigenvalue weighted by atomic mass is 32.2. The molecule has 2 saturated carbocycles. The minimum Gasteiger partial charge on any atom is -0.378 e. The van der Waals surface area contributed by atoms with Crippen LogP contribution in [0, 0.1) is 31.6 Å². The molecule has 214 valence electrons. The van der Waals surface area contributed by atoms with Crippen LogP contribution >= 0.6 is 0 Å². The number of sulfonamides is 1. The van der Waals surface area contributed by atoms with E-state index in [0.717, 1.165) is 16.8 Å². The number of rotatable bonds is 6. The minimum absolute atomic E-state index is 0.137. The van der Waals surface area contributed by atoms with Gasteiger partial charge in [0.25, 0.3) is 15.9 Å². The molecular weight excluding hydrogens is 542 g/mol. The van der Waals surface area contributed by atoms with Crippen molar-refractivity contribution in [2.24, 2.45) is 17.8 Å². The second kappa shape index (κ2) is 10.3. The average Bonchev–Trinajstić information content (AvgIpc) is 3.62. The first-order chi connectivity index (χ1) is 20.3. The Balaban J connectivity index is 1.10. The molecule has 4 aromatic rings. The summed E-state index contributed by atoms with van der Waals surface area (Å²) in [6.07, 6.45) is 3.82. The van der Waals surface area contributed by atoms with Crippen molar-refractivity contribution < 1.29 is 13.2 Å². The van der Waals surface area contributed by atoms with Gasteiger partial charge in [0, 0.05) is 16.9 Å². The molecule has 3 aliphatic rings. The summed E-state index contributed by atoms with van der Waals surface area (Å²) in [7, 11) is -3.77. The molecule has 7 heteroatoms. The molecule has 42 heavy (non-hydrogen) atoms. The van der Waals surface area contributed by atoms with Crippen LogP contribution in [0.25, 0.3) is 0 Å². The Bertz CT molecular complexity index is 1750. The van der Waals surface area contributed by atoms with Crippen molar-refractivity contribution in [3.63, 3.8) is 0 Å². The highest BCUT2D eigenvalue weighted by Crippen LogP contribution is 2.63. The summed E-state index contributed by atoms with van der Waals surface area (Å²) in [6.45, 7) is 3.75. The van der Waals surface area contributed by atoms with Crippen LogP contribution in [0.4, 0.5) is 17.1 Å². The van der Waals surface area contributed by atoms with Gasteiger partial charge >= 0.3 is 0 Å². The van der Waals surface area contributed by atoms with E-state index in [9.17, 15) is 13.2 Å². The number of amides is 1. The molecule has 1 aliphatic heterocycles. The Morgan fingerprint density at radius 3 is 2.29 bits per heavy atom. The maximum atomic E-state index is 13.4. The van der Waals surface area contributed by atoms with Crippen molar-refractivity contribution in [2.75, 3.05) is 15.4 Å². The van der Waals surface area contributed by atoms with E-state index >= 15 is 0 Å². The van der Waals surface area contributed by atoms with Gasteiger partial charge in [0.15, 0.2) is 0 Å². The fourth-order valence-electron chi connectivity index (χ4n) is 7.71. The predicted molar refractivity (Wildman–Crippen MR) is 167 cm³/mol. The van der Waals surface area contributed by atoms with Gasteiger partial charge in [-0.25, -0.2) is 8.42 Å². The molecule has 2 aliphatic carbocycles. The second-order valence-electron chi connectivity index (χ2n) is 12.1. The summed E-state index contributed by atoms with van der Waals surface area (Å²) < 4.78 is 28.8. The monoisotopic (exact) mass is 577 g/mol.